The van der Waals surface area contributed by atoms with Crippen molar-refractivity contribution >= 4 is 6.09 Å². The number of nitrogens with two attached hydrogens (primary N) is 1. The molecular weight excluding hydrogens is 300 g/mol. The average Bonchev–Trinajstić information content (AvgIpc) is 2.59. The van der Waals surface area contributed by atoms with Crippen LogP contribution in [0.4, 0.5) is 4.79 Å². The van der Waals surface area contributed by atoms with E-state index in [4.69, 9.17) is 24.7 Å². The van der Waals surface area contributed by atoms with Crippen LogP contribution in [-0.4, -0.2) is 47.1 Å². The van der Waals surface area contributed by atoms with Crippen molar-refractivity contribution in [1.29, 1.82) is 0 Å². The van der Waals surface area contributed by atoms with Gasteiger partial charge in [-0.3, -0.25) is 0 Å². The maximum absolute atomic E-state index is 11.5. The quantitative estimate of drug-likeness (QED) is 0.671. The lowest BCUT2D eigenvalue weighted by Gasteiger charge is -2.19. The topological polar surface area (TPSA) is 92.0 Å². The van der Waals surface area contributed by atoms with Gasteiger partial charge in [-0.15, -0.1) is 0 Å². The van der Waals surface area contributed by atoms with E-state index in [1.54, 1.807) is 14.2 Å². The number of carbonyl (C=O) groups excluding carboxylic acids is 1. The average molecular weight is 324 g/mol. The van der Waals surface area contributed by atoms with E-state index in [1.165, 1.54) is 13.2 Å². The molecule has 3 N–H and O–H groups in total. The molecule has 1 rings (SSSR count). The smallest absolute Gasteiger partial charge is 0.407 e. The second kappa shape index (κ2) is 9.58. The Balaban J connectivity index is 2.92. The first-order valence-electron chi connectivity index (χ1n) is 7.12. The van der Waals surface area contributed by atoms with Crippen LogP contribution in [0.3, 0.4) is 0 Å². The van der Waals surface area contributed by atoms with Gasteiger partial charge in [-0.2, -0.15) is 0 Å². The minimum atomic E-state index is -0.518. The zero-order valence-electron chi connectivity index (χ0n) is 13.8. The lowest BCUT2D eigenvalue weighted by atomic mass is 9.98. The zero-order valence-corrected chi connectivity index (χ0v) is 13.8. The van der Waals surface area contributed by atoms with Gasteiger partial charge in [0.15, 0.2) is 11.5 Å². The van der Waals surface area contributed by atoms with Crippen LogP contribution in [0.15, 0.2) is 24.8 Å². The first kappa shape index (κ1) is 18.6. The largest absolute Gasteiger partial charge is 0.493 e. The molecule has 0 aliphatic heterocycles. The number of hydrogen-bond acceptors (Lipinski definition) is 6. The molecule has 0 aromatic heterocycles. The first-order chi connectivity index (χ1) is 11.1. The fourth-order valence-corrected chi connectivity index (χ4v) is 2.07. The van der Waals surface area contributed by atoms with Crippen LogP contribution < -0.4 is 25.3 Å². The highest BCUT2D eigenvalue weighted by Gasteiger charge is 2.18. The summed E-state index contributed by atoms with van der Waals surface area (Å²) in [6, 6.07) is 3.63. The highest BCUT2D eigenvalue weighted by atomic mass is 16.5. The molecule has 1 aromatic carbocycles. The van der Waals surface area contributed by atoms with Gasteiger partial charge in [0.05, 0.1) is 21.3 Å². The Kier molecular flexibility index (Phi) is 7.76. The predicted molar refractivity (Wildman–Crippen MR) is 87.4 cm³/mol. The van der Waals surface area contributed by atoms with Gasteiger partial charge in [-0.25, -0.2) is 4.79 Å². The molecule has 7 heteroatoms. The maximum atomic E-state index is 11.5. The predicted octanol–water partition coefficient (Wildman–Crippen LogP) is 1.67. The molecule has 0 unspecified atom stereocenters. The van der Waals surface area contributed by atoms with Crippen LogP contribution in [0.1, 0.15) is 11.5 Å². The second-order valence-electron chi connectivity index (χ2n) is 4.66. The van der Waals surface area contributed by atoms with Gasteiger partial charge in [0.1, 0.15) is 6.61 Å². The lowest BCUT2D eigenvalue weighted by Crippen LogP contribution is -2.32. The van der Waals surface area contributed by atoms with Crippen LogP contribution in [-0.2, 0) is 4.74 Å². The van der Waals surface area contributed by atoms with Gasteiger partial charge in [-0.1, -0.05) is 12.7 Å². The molecule has 7 nitrogen and oxygen atoms in total. The molecule has 128 valence electrons. The van der Waals surface area contributed by atoms with Crippen LogP contribution >= 0.6 is 0 Å². The van der Waals surface area contributed by atoms with E-state index in [1.807, 2.05) is 12.1 Å². The Morgan fingerprint density at radius 2 is 1.87 bits per heavy atom. The lowest BCUT2D eigenvalue weighted by molar-refractivity contribution is 0.157. The van der Waals surface area contributed by atoms with Crippen LogP contribution in [0.5, 0.6) is 17.2 Å². The van der Waals surface area contributed by atoms with Crippen molar-refractivity contribution < 1.29 is 23.7 Å². The fraction of sp³-hybridized carbons (Fsp3) is 0.438. The van der Waals surface area contributed by atoms with E-state index in [-0.39, 0.29) is 12.5 Å². The minimum absolute atomic E-state index is 0.125. The van der Waals surface area contributed by atoms with E-state index in [2.05, 4.69) is 11.9 Å². The Bertz CT molecular complexity index is 508. The number of carbonyl (C=O) groups is 1. The fourth-order valence-electron chi connectivity index (χ4n) is 2.07. The maximum Gasteiger partial charge on any atom is 0.407 e. The van der Waals surface area contributed by atoms with Crippen molar-refractivity contribution in [1.82, 2.24) is 5.32 Å². The Labute approximate surface area is 136 Å². The molecule has 0 radical (unpaired) electrons. The van der Waals surface area contributed by atoms with Crippen LogP contribution in [0, 0.1) is 0 Å². The zero-order chi connectivity index (χ0) is 17.2. The van der Waals surface area contributed by atoms with Crippen LogP contribution in [0.2, 0.25) is 0 Å². The standard InChI is InChI=1S/C16H24N2O5/c1-5-6-23-16(19)18-10-12(9-17)11-7-13(20-2)15(22-4)14(8-11)21-3/h5,7-8,12H,1,6,9-10,17H2,2-4H3,(H,18,19)/t12-/m1/s1. The Morgan fingerprint density at radius 3 is 2.30 bits per heavy atom. The molecular formula is C16H24N2O5. The van der Waals surface area contributed by atoms with Crippen molar-refractivity contribution in [2.45, 2.75) is 5.92 Å². The molecule has 0 aliphatic carbocycles. The summed E-state index contributed by atoms with van der Waals surface area (Å²) < 4.78 is 20.8. The van der Waals surface area contributed by atoms with Crippen molar-refractivity contribution in [3.63, 3.8) is 0 Å². The van der Waals surface area contributed by atoms with E-state index < -0.39 is 6.09 Å². The molecule has 0 bridgehead atoms. The second-order valence-corrected chi connectivity index (χ2v) is 4.66. The number of hydrogen-bond donors (Lipinski definition) is 2. The minimum Gasteiger partial charge on any atom is -0.493 e. The van der Waals surface area contributed by atoms with Gasteiger partial charge in [0, 0.05) is 19.0 Å². The summed E-state index contributed by atoms with van der Waals surface area (Å²) in [6.45, 7) is 4.30. The normalized spacial score (nSPS) is 11.3. The van der Waals surface area contributed by atoms with E-state index in [9.17, 15) is 4.79 Å². The molecule has 0 saturated heterocycles. The van der Waals surface area contributed by atoms with E-state index in [0.29, 0.717) is 30.3 Å². The van der Waals surface area contributed by atoms with E-state index in [0.717, 1.165) is 5.56 Å². The van der Waals surface area contributed by atoms with Gasteiger partial charge in [-0.05, 0) is 17.7 Å². The van der Waals surface area contributed by atoms with Crippen molar-refractivity contribution in [2.75, 3.05) is 41.0 Å². The SMILES string of the molecule is C=CCOC(=O)NC[C@@H](CN)c1cc(OC)c(OC)c(OC)c1. The molecule has 1 amide bonds. The number of amides is 1. The highest BCUT2D eigenvalue weighted by molar-refractivity contribution is 5.67. The molecule has 1 atom stereocenters. The Morgan fingerprint density at radius 1 is 1.26 bits per heavy atom. The van der Waals surface area contributed by atoms with Gasteiger partial charge in [0.25, 0.3) is 0 Å². The molecule has 0 aliphatic rings. The molecule has 0 fully saturated rings. The summed E-state index contributed by atoms with van der Waals surface area (Å²) in [7, 11) is 4.63. The number of methoxy groups -OCH3 is 3. The summed E-state index contributed by atoms with van der Waals surface area (Å²) in [5.74, 6) is 1.46. The number of benzene rings is 1. The third-order valence-electron chi connectivity index (χ3n) is 3.27. The molecule has 1 aromatic rings. The molecule has 0 spiro atoms. The monoisotopic (exact) mass is 324 g/mol. The summed E-state index contributed by atoms with van der Waals surface area (Å²) in [5.41, 5.74) is 6.69. The number of ether oxygens (including phenoxy) is 4. The third kappa shape index (κ3) is 5.07. The summed E-state index contributed by atoms with van der Waals surface area (Å²) >= 11 is 0. The van der Waals surface area contributed by atoms with Gasteiger partial charge < -0.3 is 30.0 Å². The summed E-state index contributed by atoms with van der Waals surface area (Å²) in [5, 5.41) is 2.67. The highest BCUT2D eigenvalue weighted by Crippen LogP contribution is 2.39. The number of alkyl carbamates (subject to hydrolysis) is 1. The number of rotatable bonds is 9. The van der Waals surface area contributed by atoms with Crippen LogP contribution in [0.25, 0.3) is 0 Å². The van der Waals surface area contributed by atoms with Gasteiger partial charge in [0.2, 0.25) is 5.75 Å². The van der Waals surface area contributed by atoms with Crippen molar-refractivity contribution in [3.05, 3.63) is 30.4 Å². The molecule has 0 saturated carbocycles. The van der Waals surface area contributed by atoms with Crippen molar-refractivity contribution in [2.24, 2.45) is 5.73 Å². The van der Waals surface area contributed by atoms with Crippen molar-refractivity contribution in [3.8, 4) is 17.2 Å². The first-order valence-corrected chi connectivity index (χ1v) is 7.12. The summed E-state index contributed by atoms with van der Waals surface area (Å²) in [6.07, 6.45) is 0.981. The van der Waals surface area contributed by atoms with Gasteiger partial charge >= 0.3 is 6.09 Å². The van der Waals surface area contributed by atoms with E-state index >= 15 is 0 Å². The number of nitrogens with one attached hydrogen (secondary N) is 1. The molecule has 0 heterocycles. The summed E-state index contributed by atoms with van der Waals surface area (Å²) in [4.78, 5) is 11.5. The molecule has 23 heavy (non-hydrogen) atoms. The third-order valence-corrected chi connectivity index (χ3v) is 3.27. The Hall–Kier alpha value is -2.41.